The Hall–Kier alpha value is 0.0200. The monoisotopic (exact) mass is 234 g/mol. The summed E-state index contributed by atoms with van der Waals surface area (Å²) in [4.78, 5) is 0. The minimum atomic E-state index is 0.381. The second-order valence-corrected chi connectivity index (χ2v) is 5.66. The van der Waals surface area contributed by atoms with Gasteiger partial charge in [0.2, 0.25) is 0 Å². The van der Waals surface area contributed by atoms with Gasteiger partial charge in [-0.2, -0.15) is 0 Å². The largest absolute Gasteiger partial charge is 0.325 e. The number of likely N-dealkylation sites (N-methyl/N-ethyl adjacent to an activating group) is 1. The van der Waals surface area contributed by atoms with Gasteiger partial charge in [0.1, 0.15) is 6.04 Å². The van der Waals surface area contributed by atoms with Gasteiger partial charge < -0.3 is 4.48 Å². The summed E-state index contributed by atoms with van der Waals surface area (Å²) in [6, 6.07) is 0.381. The van der Waals surface area contributed by atoms with Crippen molar-refractivity contribution in [3.63, 3.8) is 0 Å². The van der Waals surface area contributed by atoms with Crippen LogP contribution in [-0.4, -0.2) is 31.7 Å². The van der Waals surface area contributed by atoms with Crippen LogP contribution in [-0.2, 0) is 0 Å². The highest BCUT2D eigenvalue weighted by atomic mass is 35.5. The molecular weight excluding hydrogens is 217 g/mol. The van der Waals surface area contributed by atoms with Crippen LogP contribution >= 0.6 is 23.2 Å². The molecule has 1 aliphatic carbocycles. The Morgan fingerprint density at radius 3 is 2.43 bits per heavy atom. The van der Waals surface area contributed by atoms with Gasteiger partial charge in [-0.3, -0.25) is 0 Å². The molecule has 0 spiro atoms. The topological polar surface area (TPSA) is 0 Å². The highest BCUT2D eigenvalue weighted by Gasteiger charge is 2.23. The fraction of sp³-hybridized carbons (Fsp3) is 0.636. The number of allylic oxidation sites excluding steroid dienone is 2. The van der Waals surface area contributed by atoms with Crippen LogP contribution in [0.1, 0.15) is 19.3 Å². The van der Waals surface area contributed by atoms with E-state index in [0.29, 0.717) is 6.04 Å². The van der Waals surface area contributed by atoms with Crippen molar-refractivity contribution < 1.29 is 4.48 Å². The molecule has 0 heterocycles. The van der Waals surface area contributed by atoms with Gasteiger partial charge in [0.25, 0.3) is 0 Å². The van der Waals surface area contributed by atoms with E-state index in [2.05, 4.69) is 33.3 Å². The Balaban J connectivity index is 2.84. The Morgan fingerprint density at radius 2 is 1.86 bits per heavy atom. The maximum atomic E-state index is 6.12. The number of hydrogen-bond acceptors (Lipinski definition) is 0. The third-order valence-corrected chi connectivity index (χ3v) is 3.14. The highest BCUT2D eigenvalue weighted by molar-refractivity contribution is 6.30. The van der Waals surface area contributed by atoms with Gasteiger partial charge in [-0.25, -0.2) is 0 Å². The predicted octanol–water partition coefficient (Wildman–Crippen LogP) is 3.49. The van der Waals surface area contributed by atoms with Gasteiger partial charge in [0.15, 0.2) is 0 Å². The van der Waals surface area contributed by atoms with E-state index in [9.17, 15) is 0 Å². The Labute approximate surface area is 96.6 Å². The lowest BCUT2D eigenvalue weighted by Gasteiger charge is -2.33. The normalized spacial score (nSPS) is 28.5. The van der Waals surface area contributed by atoms with Crippen LogP contribution in [0.4, 0.5) is 0 Å². The van der Waals surface area contributed by atoms with Crippen molar-refractivity contribution in [3.05, 3.63) is 22.2 Å². The van der Waals surface area contributed by atoms with Crippen molar-refractivity contribution in [2.24, 2.45) is 0 Å². The molecule has 0 bridgehead atoms. The van der Waals surface area contributed by atoms with Gasteiger partial charge in [0, 0.05) is 16.5 Å². The van der Waals surface area contributed by atoms with Crippen molar-refractivity contribution in [3.8, 4) is 0 Å². The summed E-state index contributed by atoms with van der Waals surface area (Å²) in [6.07, 6.45) is 6.99. The maximum absolute atomic E-state index is 6.12. The van der Waals surface area contributed by atoms with Crippen LogP contribution in [0.2, 0.25) is 0 Å². The van der Waals surface area contributed by atoms with Crippen LogP contribution in [0.3, 0.4) is 0 Å². The molecule has 0 saturated heterocycles. The molecule has 0 radical (unpaired) electrons. The summed E-state index contributed by atoms with van der Waals surface area (Å²) in [5.74, 6) is 0. The Kier molecular flexibility index (Phi) is 4.05. The highest BCUT2D eigenvalue weighted by Crippen LogP contribution is 2.25. The van der Waals surface area contributed by atoms with Crippen molar-refractivity contribution >= 4 is 23.2 Å². The molecular formula is C11H18Cl2N+. The van der Waals surface area contributed by atoms with Crippen LogP contribution < -0.4 is 0 Å². The molecule has 0 amide bonds. The predicted molar refractivity (Wildman–Crippen MR) is 63.5 cm³/mol. The summed E-state index contributed by atoms with van der Waals surface area (Å²) >= 11 is 12.2. The molecule has 0 unspecified atom stereocenters. The molecule has 1 nitrogen and oxygen atoms in total. The van der Waals surface area contributed by atoms with E-state index in [4.69, 9.17) is 23.2 Å². The molecule has 0 aromatic heterocycles. The zero-order chi connectivity index (χ0) is 10.8. The second-order valence-electron chi connectivity index (χ2n) is 4.69. The zero-order valence-corrected chi connectivity index (χ0v) is 10.6. The summed E-state index contributed by atoms with van der Waals surface area (Å²) in [5.41, 5.74) is 0. The van der Waals surface area contributed by atoms with E-state index in [-0.39, 0.29) is 0 Å². The molecule has 0 aromatic carbocycles. The van der Waals surface area contributed by atoms with E-state index < -0.39 is 0 Å². The first-order valence-electron chi connectivity index (χ1n) is 4.91. The van der Waals surface area contributed by atoms with Gasteiger partial charge in [-0.15, -0.1) is 0 Å². The molecule has 14 heavy (non-hydrogen) atoms. The van der Waals surface area contributed by atoms with E-state index in [1.54, 1.807) is 0 Å². The molecule has 80 valence electrons. The van der Waals surface area contributed by atoms with Gasteiger partial charge >= 0.3 is 0 Å². The fourth-order valence-electron chi connectivity index (χ4n) is 1.50. The maximum Gasteiger partial charge on any atom is 0.113 e. The molecule has 0 fully saturated rings. The molecule has 1 atom stereocenters. The first-order chi connectivity index (χ1) is 6.39. The van der Waals surface area contributed by atoms with E-state index >= 15 is 0 Å². The zero-order valence-electron chi connectivity index (χ0n) is 9.06. The van der Waals surface area contributed by atoms with Gasteiger partial charge in [-0.05, 0) is 18.9 Å². The summed E-state index contributed by atoms with van der Waals surface area (Å²) < 4.78 is 0.861. The fourth-order valence-corrected chi connectivity index (χ4v) is 2.02. The smallest absolute Gasteiger partial charge is 0.113 e. The van der Waals surface area contributed by atoms with E-state index in [1.807, 2.05) is 0 Å². The van der Waals surface area contributed by atoms with Crippen LogP contribution in [0.25, 0.3) is 0 Å². The van der Waals surface area contributed by atoms with E-state index in [0.717, 1.165) is 33.8 Å². The average molecular weight is 235 g/mol. The number of rotatable bonds is 1. The van der Waals surface area contributed by atoms with Crippen LogP contribution in [0, 0.1) is 0 Å². The molecule has 0 aromatic rings. The van der Waals surface area contributed by atoms with E-state index in [1.165, 1.54) is 0 Å². The quantitative estimate of drug-likeness (QED) is 0.610. The van der Waals surface area contributed by atoms with Crippen molar-refractivity contribution in [2.45, 2.75) is 25.3 Å². The Bertz CT molecular complexity index is 261. The lowest BCUT2D eigenvalue weighted by atomic mass is 10.1. The third kappa shape index (κ3) is 3.64. The SMILES string of the molecule is C[N+](C)(C)[C@H]1/C=C(\Cl)CCC=C(Cl)C1. The molecule has 3 heteroatoms. The van der Waals surface area contributed by atoms with Crippen LogP contribution in [0.15, 0.2) is 22.2 Å². The number of quaternary nitrogens is 1. The second kappa shape index (κ2) is 4.69. The van der Waals surface area contributed by atoms with Crippen molar-refractivity contribution in [1.82, 2.24) is 0 Å². The summed E-state index contributed by atoms with van der Waals surface area (Å²) in [6.45, 7) is 0. The molecule has 1 rings (SSSR count). The summed E-state index contributed by atoms with van der Waals surface area (Å²) in [5, 5.41) is 1.92. The lowest BCUT2D eigenvalue weighted by molar-refractivity contribution is -0.888. The molecule has 1 aliphatic rings. The molecule has 0 aliphatic heterocycles. The number of hydrogen-bond donors (Lipinski definition) is 0. The number of halogens is 2. The third-order valence-electron chi connectivity index (χ3n) is 2.52. The van der Waals surface area contributed by atoms with Crippen molar-refractivity contribution in [1.29, 1.82) is 0 Å². The lowest BCUT2D eigenvalue weighted by Crippen LogP contribution is -2.44. The number of nitrogens with zero attached hydrogens (tertiary/aromatic N) is 1. The minimum Gasteiger partial charge on any atom is -0.325 e. The molecule has 0 N–H and O–H groups in total. The minimum absolute atomic E-state index is 0.381. The average Bonchev–Trinajstić information content (AvgIpc) is 1.98. The Morgan fingerprint density at radius 1 is 1.21 bits per heavy atom. The van der Waals surface area contributed by atoms with Gasteiger partial charge in [-0.1, -0.05) is 29.3 Å². The first-order valence-corrected chi connectivity index (χ1v) is 5.67. The molecule has 0 saturated carbocycles. The summed E-state index contributed by atoms with van der Waals surface area (Å²) in [7, 11) is 6.49. The van der Waals surface area contributed by atoms with Crippen molar-refractivity contribution in [2.75, 3.05) is 21.1 Å². The first kappa shape index (κ1) is 12.1. The standard InChI is InChI=1S/C11H18Cl2N/c1-14(2,3)11-7-9(12)5-4-6-10(13)8-11/h5,8,11H,4,6-7H2,1-3H3/q+1/b9-5?,10-8-/t11-/m1/s1. The van der Waals surface area contributed by atoms with Gasteiger partial charge in [0.05, 0.1) is 21.1 Å². The van der Waals surface area contributed by atoms with Crippen LogP contribution in [0.5, 0.6) is 0 Å².